The van der Waals surface area contributed by atoms with Crippen molar-refractivity contribution < 1.29 is 9.59 Å². The van der Waals surface area contributed by atoms with Crippen molar-refractivity contribution in [3.8, 4) is 0 Å². The number of benzene rings is 3. The summed E-state index contributed by atoms with van der Waals surface area (Å²) in [4.78, 5) is 34.7. The summed E-state index contributed by atoms with van der Waals surface area (Å²) in [5, 5.41) is 11.5. The summed E-state index contributed by atoms with van der Waals surface area (Å²) in [6.45, 7) is 6.14. The Morgan fingerprint density at radius 2 is 1.82 bits per heavy atom. The molecular formula is C33H32Cl2N6O2S. The highest BCUT2D eigenvalue weighted by molar-refractivity contribution is 7.99. The molecule has 0 saturated carbocycles. The van der Waals surface area contributed by atoms with Gasteiger partial charge in [-0.25, -0.2) is 4.98 Å². The third-order valence-electron chi connectivity index (χ3n) is 7.95. The number of halogens is 2. The number of aromatic nitrogens is 4. The standard InChI is InChI=1S/C33H32Cl2N6O2S/c1-21-10-13-28-26(17-21)30-31(41(28)20-23-7-4-3-5-8-23)36-33(38-37-30)44-16-6-9-29(42)39-14-15-40(22(2)19-39)32(43)25-12-11-24(34)18-27(25)35/h3-5,7-8,10-13,17-18,22H,6,9,14-16,19-20H2,1-2H3. The van der Waals surface area contributed by atoms with E-state index in [1.807, 2.05) is 30.0 Å². The zero-order chi connectivity index (χ0) is 30.8. The van der Waals surface area contributed by atoms with Crippen molar-refractivity contribution in [2.24, 2.45) is 0 Å². The van der Waals surface area contributed by atoms with E-state index in [9.17, 15) is 9.59 Å². The fourth-order valence-corrected chi connectivity index (χ4v) is 6.90. The lowest BCUT2D eigenvalue weighted by molar-refractivity contribution is -0.133. The van der Waals surface area contributed by atoms with Gasteiger partial charge >= 0.3 is 0 Å². The lowest BCUT2D eigenvalue weighted by Crippen LogP contribution is -2.55. The highest BCUT2D eigenvalue weighted by Gasteiger charge is 2.31. The number of aryl methyl sites for hydroxylation is 1. The molecule has 3 aromatic carbocycles. The Balaban J connectivity index is 1.06. The molecule has 1 atom stereocenters. The maximum absolute atomic E-state index is 13.1. The molecule has 1 aliphatic rings. The van der Waals surface area contributed by atoms with Crippen molar-refractivity contribution in [1.29, 1.82) is 0 Å². The van der Waals surface area contributed by atoms with Crippen LogP contribution in [0, 0.1) is 6.92 Å². The molecule has 0 N–H and O–H groups in total. The van der Waals surface area contributed by atoms with Crippen LogP contribution in [0.5, 0.6) is 0 Å². The van der Waals surface area contributed by atoms with Crippen molar-refractivity contribution in [3.05, 3.63) is 93.5 Å². The molecule has 0 aliphatic carbocycles. The number of hydrogen-bond donors (Lipinski definition) is 0. The molecule has 1 saturated heterocycles. The Kier molecular flexibility index (Phi) is 9.07. The first-order chi connectivity index (χ1) is 21.3. The summed E-state index contributed by atoms with van der Waals surface area (Å²) in [7, 11) is 0. The maximum atomic E-state index is 13.1. The normalized spacial score (nSPS) is 15.3. The third kappa shape index (κ3) is 6.41. The Morgan fingerprint density at radius 3 is 2.59 bits per heavy atom. The summed E-state index contributed by atoms with van der Waals surface area (Å²) in [6.07, 6.45) is 1.10. The van der Waals surface area contributed by atoms with E-state index in [1.165, 1.54) is 17.3 Å². The van der Waals surface area contributed by atoms with Gasteiger partial charge in [0.1, 0.15) is 5.52 Å². The van der Waals surface area contributed by atoms with Crippen LogP contribution in [0.3, 0.4) is 0 Å². The van der Waals surface area contributed by atoms with Crippen LogP contribution in [0.4, 0.5) is 0 Å². The van der Waals surface area contributed by atoms with Gasteiger partial charge in [0, 0.05) is 54.8 Å². The Hall–Kier alpha value is -3.66. The summed E-state index contributed by atoms with van der Waals surface area (Å²) >= 11 is 13.8. The fourth-order valence-electron chi connectivity index (χ4n) is 5.69. The molecule has 0 bridgehead atoms. The number of rotatable bonds is 8. The van der Waals surface area contributed by atoms with Gasteiger partial charge in [0.05, 0.1) is 16.1 Å². The number of thioether (sulfide) groups is 1. The predicted octanol–water partition coefficient (Wildman–Crippen LogP) is 6.89. The molecule has 8 nitrogen and oxygen atoms in total. The van der Waals surface area contributed by atoms with Gasteiger partial charge < -0.3 is 14.4 Å². The van der Waals surface area contributed by atoms with Crippen LogP contribution in [-0.4, -0.2) is 72.8 Å². The van der Waals surface area contributed by atoms with Crippen LogP contribution in [0.25, 0.3) is 22.1 Å². The predicted molar refractivity (Wildman–Crippen MR) is 177 cm³/mol. The highest BCUT2D eigenvalue weighted by atomic mass is 35.5. The quantitative estimate of drug-likeness (QED) is 0.135. The third-order valence-corrected chi connectivity index (χ3v) is 9.43. The monoisotopic (exact) mass is 646 g/mol. The number of carbonyl (C=O) groups excluding carboxylic acids is 2. The molecular weight excluding hydrogens is 615 g/mol. The molecule has 2 amide bonds. The van der Waals surface area contributed by atoms with E-state index in [0.29, 0.717) is 65.5 Å². The minimum atomic E-state index is -0.147. The van der Waals surface area contributed by atoms with Crippen molar-refractivity contribution in [2.75, 3.05) is 25.4 Å². The van der Waals surface area contributed by atoms with Gasteiger partial charge in [-0.15, -0.1) is 10.2 Å². The topological polar surface area (TPSA) is 84.2 Å². The molecule has 44 heavy (non-hydrogen) atoms. The van der Waals surface area contributed by atoms with E-state index in [1.54, 1.807) is 23.1 Å². The number of carbonyl (C=O) groups is 2. The molecule has 3 heterocycles. The first-order valence-electron chi connectivity index (χ1n) is 14.6. The largest absolute Gasteiger partial charge is 0.339 e. The number of amides is 2. The molecule has 0 radical (unpaired) electrons. The average molecular weight is 648 g/mol. The van der Waals surface area contributed by atoms with Crippen LogP contribution in [0.1, 0.15) is 41.3 Å². The lowest BCUT2D eigenvalue weighted by Gasteiger charge is -2.40. The van der Waals surface area contributed by atoms with Crippen LogP contribution >= 0.6 is 35.0 Å². The number of fused-ring (bicyclic) bond motifs is 3. The minimum absolute atomic E-state index is 0.0851. The number of nitrogens with zero attached hydrogens (tertiary/aromatic N) is 6. The molecule has 1 fully saturated rings. The second-order valence-corrected chi connectivity index (χ2v) is 13.0. The van der Waals surface area contributed by atoms with E-state index in [-0.39, 0.29) is 17.9 Å². The van der Waals surface area contributed by atoms with Crippen LogP contribution in [0.15, 0.2) is 71.9 Å². The van der Waals surface area contributed by atoms with E-state index in [0.717, 1.165) is 27.6 Å². The number of hydrogen-bond acceptors (Lipinski definition) is 6. The molecule has 226 valence electrons. The van der Waals surface area contributed by atoms with Crippen molar-refractivity contribution in [3.63, 3.8) is 0 Å². The van der Waals surface area contributed by atoms with Gasteiger partial charge in [0.15, 0.2) is 5.65 Å². The molecule has 6 rings (SSSR count). The molecule has 11 heteroatoms. The van der Waals surface area contributed by atoms with E-state index < -0.39 is 0 Å². The van der Waals surface area contributed by atoms with Crippen molar-refractivity contribution in [1.82, 2.24) is 29.5 Å². The minimum Gasteiger partial charge on any atom is -0.339 e. The van der Waals surface area contributed by atoms with E-state index in [4.69, 9.17) is 28.2 Å². The van der Waals surface area contributed by atoms with E-state index >= 15 is 0 Å². The summed E-state index contributed by atoms with van der Waals surface area (Å²) < 4.78 is 2.20. The summed E-state index contributed by atoms with van der Waals surface area (Å²) in [5.74, 6) is 0.633. The van der Waals surface area contributed by atoms with Crippen LogP contribution in [-0.2, 0) is 11.3 Å². The van der Waals surface area contributed by atoms with Gasteiger partial charge in [-0.2, -0.15) is 0 Å². The van der Waals surface area contributed by atoms with Gasteiger partial charge in [-0.3, -0.25) is 9.59 Å². The van der Waals surface area contributed by atoms with Gasteiger partial charge in [-0.1, -0.05) is 76.9 Å². The maximum Gasteiger partial charge on any atom is 0.255 e. The molecule has 1 aliphatic heterocycles. The molecule has 1 unspecified atom stereocenters. The lowest BCUT2D eigenvalue weighted by atomic mass is 10.1. The molecule has 5 aromatic rings. The fraction of sp³-hybridized carbons (Fsp3) is 0.303. The second-order valence-electron chi connectivity index (χ2n) is 11.1. The Bertz CT molecular complexity index is 1850. The second kappa shape index (κ2) is 13.1. The zero-order valence-electron chi connectivity index (χ0n) is 24.5. The summed E-state index contributed by atoms with van der Waals surface area (Å²) in [5.41, 5.74) is 5.45. The molecule has 2 aromatic heterocycles. The Labute approximate surface area is 270 Å². The van der Waals surface area contributed by atoms with E-state index in [2.05, 4.69) is 52.0 Å². The van der Waals surface area contributed by atoms with Gasteiger partial charge in [0.25, 0.3) is 5.91 Å². The van der Waals surface area contributed by atoms with Gasteiger partial charge in [-0.05, 0) is 56.2 Å². The van der Waals surface area contributed by atoms with Crippen molar-refractivity contribution >= 4 is 68.8 Å². The number of piperazine rings is 1. The SMILES string of the molecule is Cc1ccc2c(c1)c1nnc(SCCCC(=O)N3CCN(C(=O)c4ccc(Cl)cc4Cl)C(C)C3)nc1n2Cc1ccccc1. The van der Waals surface area contributed by atoms with Crippen molar-refractivity contribution in [2.45, 2.75) is 44.4 Å². The Morgan fingerprint density at radius 1 is 1.00 bits per heavy atom. The molecule has 0 spiro atoms. The highest BCUT2D eigenvalue weighted by Crippen LogP contribution is 2.29. The van der Waals surface area contributed by atoms with Crippen LogP contribution in [0.2, 0.25) is 10.0 Å². The smallest absolute Gasteiger partial charge is 0.255 e. The average Bonchev–Trinajstić information content (AvgIpc) is 3.31. The summed E-state index contributed by atoms with van der Waals surface area (Å²) in [6, 6.07) is 21.4. The first-order valence-corrected chi connectivity index (χ1v) is 16.4. The van der Waals surface area contributed by atoms with Crippen LogP contribution < -0.4 is 0 Å². The first kappa shape index (κ1) is 30.4. The van der Waals surface area contributed by atoms with Gasteiger partial charge in [0.2, 0.25) is 11.1 Å². The zero-order valence-corrected chi connectivity index (χ0v) is 26.9.